The van der Waals surface area contributed by atoms with Crippen molar-refractivity contribution < 1.29 is 0 Å². The van der Waals surface area contributed by atoms with E-state index in [0.717, 1.165) is 13.1 Å². The van der Waals surface area contributed by atoms with Crippen LogP contribution in [-0.2, 0) is 5.54 Å². The molecule has 0 radical (unpaired) electrons. The Balaban J connectivity index is 2.12. The fourth-order valence-corrected chi connectivity index (χ4v) is 2.99. The van der Waals surface area contributed by atoms with Crippen molar-refractivity contribution >= 4 is 0 Å². The SMILES string of the molecule is CC1CNC(C)(c2ccccc2)CN1CC(C)C(C)(C)C. The second kappa shape index (κ2) is 6.10. The van der Waals surface area contributed by atoms with E-state index in [2.05, 4.69) is 82.1 Å². The number of benzene rings is 1. The van der Waals surface area contributed by atoms with Crippen molar-refractivity contribution in [2.75, 3.05) is 19.6 Å². The van der Waals surface area contributed by atoms with Gasteiger partial charge in [0.05, 0.1) is 5.54 Å². The minimum atomic E-state index is 0.0609. The lowest BCUT2D eigenvalue weighted by molar-refractivity contribution is 0.0600. The van der Waals surface area contributed by atoms with Crippen molar-refractivity contribution in [1.82, 2.24) is 10.2 Å². The van der Waals surface area contributed by atoms with Crippen molar-refractivity contribution in [2.45, 2.75) is 53.1 Å². The Bertz CT molecular complexity index is 448. The first-order valence-corrected chi connectivity index (χ1v) is 8.27. The van der Waals surface area contributed by atoms with Crippen molar-refractivity contribution in [3.63, 3.8) is 0 Å². The summed E-state index contributed by atoms with van der Waals surface area (Å²) in [5.41, 5.74) is 1.82. The van der Waals surface area contributed by atoms with Gasteiger partial charge in [0.25, 0.3) is 0 Å². The summed E-state index contributed by atoms with van der Waals surface area (Å²) in [6.07, 6.45) is 0. The van der Waals surface area contributed by atoms with E-state index >= 15 is 0 Å². The molecule has 2 nitrogen and oxygen atoms in total. The predicted molar refractivity (Wildman–Crippen MR) is 91.5 cm³/mol. The maximum absolute atomic E-state index is 3.76. The zero-order chi connectivity index (χ0) is 15.7. The Kier molecular flexibility index (Phi) is 4.79. The second-order valence-corrected chi connectivity index (χ2v) is 8.12. The van der Waals surface area contributed by atoms with Gasteiger partial charge in [-0.2, -0.15) is 0 Å². The average Bonchev–Trinajstić information content (AvgIpc) is 2.43. The van der Waals surface area contributed by atoms with Gasteiger partial charge in [0.1, 0.15) is 0 Å². The molecule has 1 aromatic carbocycles. The lowest BCUT2D eigenvalue weighted by Crippen LogP contribution is -2.61. The Morgan fingerprint density at radius 3 is 2.48 bits per heavy atom. The Morgan fingerprint density at radius 2 is 1.90 bits per heavy atom. The van der Waals surface area contributed by atoms with Crippen LogP contribution in [0, 0.1) is 11.3 Å². The topological polar surface area (TPSA) is 15.3 Å². The van der Waals surface area contributed by atoms with Crippen LogP contribution >= 0.6 is 0 Å². The molecule has 0 saturated carbocycles. The van der Waals surface area contributed by atoms with Crippen LogP contribution < -0.4 is 5.32 Å². The first-order valence-electron chi connectivity index (χ1n) is 8.27. The standard InChI is InChI=1S/C19H32N2/c1-15(18(3,4)5)13-21-14-19(6,20-12-16(21)2)17-10-8-7-9-11-17/h7-11,15-16,20H,12-14H2,1-6H3. The number of hydrogen-bond donors (Lipinski definition) is 1. The van der Waals surface area contributed by atoms with Crippen molar-refractivity contribution in [3.05, 3.63) is 35.9 Å². The lowest BCUT2D eigenvalue weighted by Gasteiger charge is -2.47. The Morgan fingerprint density at radius 1 is 1.29 bits per heavy atom. The fraction of sp³-hybridized carbons (Fsp3) is 0.684. The van der Waals surface area contributed by atoms with E-state index in [0.29, 0.717) is 17.4 Å². The van der Waals surface area contributed by atoms with Gasteiger partial charge in [-0.15, -0.1) is 0 Å². The molecule has 2 rings (SSSR count). The van der Waals surface area contributed by atoms with Gasteiger partial charge in [0, 0.05) is 25.7 Å². The minimum Gasteiger partial charge on any atom is -0.305 e. The number of nitrogens with zero attached hydrogens (tertiary/aromatic N) is 1. The summed E-state index contributed by atoms with van der Waals surface area (Å²) in [5, 5.41) is 3.76. The number of piperazine rings is 1. The highest BCUT2D eigenvalue weighted by molar-refractivity contribution is 5.25. The van der Waals surface area contributed by atoms with Crippen LogP contribution in [0.25, 0.3) is 0 Å². The van der Waals surface area contributed by atoms with E-state index < -0.39 is 0 Å². The van der Waals surface area contributed by atoms with Crippen LogP contribution in [0.4, 0.5) is 0 Å². The quantitative estimate of drug-likeness (QED) is 0.908. The molecular weight excluding hydrogens is 256 g/mol. The molecule has 1 aromatic rings. The van der Waals surface area contributed by atoms with E-state index in [4.69, 9.17) is 0 Å². The van der Waals surface area contributed by atoms with Gasteiger partial charge in [0.2, 0.25) is 0 Å². The first-order chi connectivity index (χ1) is 9.72. The molecule has 1 aliphatic rings. The summed E-state index contributed by atoms with van der Waals surface area (Å²) in [5.74, 6) is 0.693. The highest BCUT2D eigenvalue weighted by atomic mass is 15.2. The molecule has 0 bridgehead atoms. The fourth-order valence-electron chi connectivity index (χ4n) is 2.99. The van der Waals surface area contributed by atoms with Gasteiger partial charge in [-0.3, -0.25) is 4.90 Å². The molecule has 0 aliphatic carbocycles. The van der Waals surface area contributed by atoms with Crippen LogP contribution in [0.15, 0.2) is 30.3 Å². The molecule has 3 atom stereocenters. The van der Waals surface area contributed by atoms with Crippen molar-refractivity contribution in [1.29, 1.82) is 0 Å². The van der Waals surface area contributed by atoms with Gasteiger partial charge in [-0.1, -0.05) is 58.0 Å². The zero-order valence-electron chi connectivity index (χ0n) is 14.6. The molecule has 0 spiro atoms. The smallest absolute Gasteiger partial charge is 0.0535 e. The predicted octanol–water partition coefficient (Wildman–Crippen LogP) is 3.88. The van der Waals surface area contributed by atoms with Gasteiger partial charge < -0.3 is 5.32 Å². The highest BCUT2D eigenvalue weighted by Crippen LogP contribution is 2.30. The van der Waals surface area contributed by atoms with Crippen LogP contribution in [0.3, 0.4) is 0 Å². The molecule has 3 unspecified atom stereocenters. The molecule has 2 heteroatoms. The van der Waals surface area contributed by atoms with Gasteiger partial charge >= 0.3 is 0 Å². The van der Waals surface area contributed by atoms with Gasteiger partial charge in [0.15, 0.2) is 0 Å². The molecule has 118 valence electrons. The summed E-state index contributed by atoms with van der Waals surface area (Å²) in [7, 11) is 0. The molecule has 1 saturated heterocycles. The number of nitrogens with one attached hydrogen (secondary N) is 1. The van der Waals surface area contributed by atoms with Crippen molar-refractivity contribution in [3.8, 4) is 0 Å². The van der Waals surface area contributed by atoms with Crippen LogP contribution in [-0.4, -0.2) is 30.6 Å². The molecule has 0 amide bonds. The summed E-state index contributed by atoms with van der Waals surface area (Å²) < 4.78 is 0. The molecule has 1 fully saturated rings. The van der Waals surface area contributed by atoms with E-state index in [1.165, 1.54) is 12.1 Å². The largest absolute Gasteiger partial charge is 0.305 e. The number of rotatable bonds is 3. The monoisotopic (exact) mass is 288 g/mol. The maximum Gasteiger partial charge on any atom is 0.0535 e. The van der Waals surface area contributed by atoms with Crippen LogP contribution in [0.1, 0.15) is 47.1 Å². The molecule has 1 heterocycles. The van der Waals surface area contributed by atoms with Gasteiger partial charge in [-0.05, 0) is 30.7 Å². The van der Waals surface area contributed by atoms with E-state index in [1.807, 2.05) is 0 Å². The Hall–Kier alpha value is -0.860. The van der Waals surface area contributed by atoms with Crippen LogP contribution in [0.5, 0.6) is 0 Å². The summed E-state index contributed by atoms with van der Waals surface area (Å²) in [6, 6.07) is 11.5. The normalized spacial score (nSPS) is 29.3. The molecule has 0 aromatic heterocycles. The van der Waals surface area contributed by atoms with E-state index in [1.54, 1.807) is 0 Å². The molecule has 1 aliphatic heterocycles. The average molecular weight is 288 g/mol. The second-order valence-electron chi connectivity index (χ2n) is 8.12. The van der Waals surface area contributed by atoms with E-state index in [-0.39, 0.29) is 5.54 Å². The zero-order valence-corrected chi connectivity index (χ0v) is 14.6. The molecule has 1 N–H and O–H groups in total. The maximum atomic E-state index is 3.76. The third-order valence-electron chi connectivity index (χ3n) is 5.33. The first kappa shape index (κ1) is 16.5. The number of hydrogen-bond acceptors (Lipinski definition) is 2. The third kappa shape index (κ3) is 3.87. The molecular formula is C19H32N2. The molecule has 21 heavy (non-hydrogen) atoms. The summed E-state index contributed by atoms with van der Waals surface area (Å²) >= 11 is 0. The lowest BCUT2D eigenvalue weighted by atomic mass is 9.80. The minimum absolute atomic E-state index is 0.0609. The van der Waals surface area contributed by atoms with Gasteiger partial charge in [-0.25, -0.2) is 0 Å². The summed E-state index contributed by atoms with van der Waals surface area (Å²) in [4.78, 5) is 2.67. The van der Waals surface area contributed by atoms with E-state index in [9.17, 15) is 0 Å². The van der Waals surface area contributed by atoms with Crippen molar-refractivity contribution in [2.24, 2.45) is 11.3 Å². The Labute approximate surface area is 130 Å². The third-order valence-corrected chi connectivity index (χ3v) is 5.33. The highest BCUT2D eigenvalue weighted by Gasteiger charge is 2.36. The van der Waals surface area contributed by atoms with Crippen LogP contribution in [0.2, 0.25) is 0 Å². The summed E-state index contributed by atoms with van der Waals surface area (Å²) in [6.45, 7) is 17.4.